The predicted molar refractivity (Wildman–Crippen MR) is 84.5 cm³/mol. The van der Waals surface area contributed by atoms with Gasteiger partial charge in [0.05, 0.1) is 6.10 Å². The Bertz CT molecular complexity index is 325. The first kappa shape index (κ1) is 17.4. The van der Waals surface area contributed by atoms with Crippen molar-refractivity contribution in [3.8, 4) is 0 Å². The summed E-state index contributed by atoms with van der Waals surface area (Å²) in [6.45, 7) is 4.17. The molecule has 0 aromatic heterocycles. The van der Waals surface area contributed by atoms with Gasteiger partial charge in [0.2, 0.25) is 0 Å². The lowest BCUT2D eigenvalue weighted by Gasteiger charge is -2.23. The number of methoxy groups -OCH3 is 1. The van der Waals surface area contributed by atoms with Crippen molar-refractivity contribution in [2.45, 2.75) is 70.6 Å². The van der Waals surface area contributed by atoms with E-state index in [-0.39, 0.29) is 12.0 Å². The maximum absolute atomic E-state index is 10.4. The van der Waals surface area contributed by atoms with E-state index in [1.807, 2.05) is 13.0 Å². The molecule has 0 spiro atoms. The third kappa shape index (κ3) is 6.21. The highest BCUT2D eigenvalue weighted by Crippen LogP contribution is 2.19. The van der Waals surface area contributed by atoms with Gasteiger partial charge in [-0.25, -0.2) is 0 Å². The van der Waals surface area contributed by atoms with Crippen molar-refractivity contribution in [3.63, 3.8) is 0 Å². The van der Waals surface area contributed by atoms with E-state index < -0.39 is 6.10 Å². The van der Waals surface area contributed by atoms with Crippen LogP contribution in [-0.4, -0.2) is 30.5 Å². The zero-order valence-corrected chi connectivity index (χ0v) is 13.2. The topological polar surface area (TPSA) is 55.5 Å². The third-order valence-electron chi connectivity index (χ3n) is 4.13. The summed E-state index contributed by atoms with van der Waals surface area (Å²) < 4.78 is 5.40. The van der Waals surface area contributed by atoms with Crippen LogP contribution in [-0.2, 0) is 4.74 Å². The van der Waals surface area contributed by atoms with E-state index in [4.69, 9.17) is 10.5 Å². The minimum Gasteiger partial charge on any atom is -0.389 e. The molecule has 4 atom stereocenters. The van der Waals surface area contributed by atoms with Gasteiger partial charge in [-0.05, 0) is 39.0 Å². The van der Waals surface area contributed by atoms with Gasteiger partial charge in [-0.15, -0.1) is 0 Å². The van der Waals surface area contributed by atoms with Crippen molar-refractivity contribution in [3.05, 3.63) is 23.8 Å². The van der Waals surface area contributed by atoms with Crippen molar-refractivity contribution in [2.75, 3.05) is 7.11 Å². The molecule has 0 aromatic rings. The van der Waals surface area contributed by atoms with Crippen LogP contribution in [0.3, 0.4) is 0 Å². The number of hydrogen-bond acceptors (Lipinski definition) is 3. The Labute approximate surface area is 123 Å². The SMILES string of the molecule is COC1/C=C/CCCC[C@@H](N)CC/C(C)=C\[C@@H](C)[C@@H]1O. The van der Waals surface area contributed by atoms with E-state index >= 15 is 0 Å². The summed E-state index contributed by atoms with van der Waals surface area (Å²) in [7, 11) is 1.66. The van der Waals surface area contributed by atoms with Crippen LogP contribution in [0.25, 0.3) is 0 Å². The van der Waals surface area contributed by atoms with Crippen LogP contribution < -0.4 is 5.73 Å². The number of hydrogen-bond donors (Lipinski definition) is 2. The molecule has 0 bridgehead atoms. The van der Waals surface area contributed by atoms with Crippen molar-refractivity contribution < 1.29 is 9.84 Å². The van der Waals surface area contributed by atoms with Crippen molar-refractivity contribution in [2.24, 2.45) is 11.7 Å². The molecule has 3 nitrogen and oxygen atoms in total. The van der Waals surface area contributed by atoms with Crippen LogP contribution >= 0.6 is 0 Å². The third-order valence-corrected chi connectivity index (χ3v) is 4.13. The standard InChI is InChI=1S/C17H31NO2/c1-13-10-11-15(18)8-6-4-5-7-9-16(20-3)17(19)14(2)12-13/h7,9,12,14-17,19H,4-6,8,10-11,18H2,1-3H3/b9-7+,13-12-/t14-,15-,16?,17+/m1/s1. The molecule has 0 saturated carbocycles. The Hall–Kier alpha value is -0.640. The maximum atomic E-state index is 10.4. The second kappa shape index (κ2) is 9.32. The fourth-order valence-electron chi connectivity index (χ4n) is 2.72. The number of allylic oxidation sites excluding steroid dienone is 2. The highest BCUT2D eigenvalue weighted by atomic mass is 16.5. The molecule has 0 fully saturated rings. The Balaban J connectivity index is 2.76. The van der Waals surface area contributed by atoms with Gasteiger partial charge in [0, 0.05) is 19.1 Å². The number of ether oxygens (including phenoxy) is 1. The van der Waals surface area contributed by atoms with Gasteiger partial charge in [0.15, 0.2) is 0 Å². The monoisotopic (exact) mass is 281 g/mol. The van der Waals surface area contributed by atoms with E-state index in [1.165, 1.54) is 12.0 Å². The Kier molecular flexibility index (Phi) is 8.12. The average Bonchev–Trinajstić information content (AvgIpc) is 2.43. The van der Waals surface area contributed by atoms with Crippen LogP contribution in [0.2, 0.25) is 0 Å². The Morgan fingerprint density at radius 2 is 2.05 bits per heavy atom. The number of nitrogens with two attached hydrogens (primary N) is 1. The minimum atomic E-state index is -0.497. The van der Waals surface area contributed by atoms with Crippen LogP contribution in [0.1, 0.15) is 52.4 Å². The molecule has 0 saturated heterocycles. The summed E-state index contributed by atoms with van der Waals surface area (Å²) in [5.41, 5.74) is 7.45. The van der Waals surface area contributed by atoms with E-state index in [0.717, 1.165) is 32.1 Å². The zero-order chi connectivity index (χ0) is 15.0. The molecule has 0 radical (unpaired) electrons. The van der Waals surface area contributed by atoms with Gasteiger partial charge in [0.25, 0.3) is 0 Å². The molecule has 20 heavy (non-hydrogen) atoms. The second-order valence-electron chi connectivity index (χ2n) is 6.07. The van der Waals surface area contributed by atoms with Gasteiger partial charge in [0.1, 0.15) is 6.10 Å². The Morgan fingerprint density at radius 1 is 1.30 bits per heavy atom. The first-order valence-electron chi connectivity index (χ1n) is 7.85. The van der Waals surface area contributed by atoms with Crippen LogP contribution in [0.4, 0.5) is 0 Å². The lowest BCUT2D eigenvalue weighted by Crippen LogP contribution is -2.31. The largest absolute Gasteiger partial charge is 0.389 e. The van der Waals surface area contributed by atoms with E-state index in [9.17, 15) is 5.11 Å². The molecule has 1 aliphatic rings. The van der Waals surface area contributed by atoms with Gasteiger partial charge in [-0.2, -0.15) is 0 Å². The molecule has 1 unspecified atom stereocenters. The molecular formula is C17H31NO2. The molecule has 0 amide bonds. The summed E-state index contributed by atoms with van der Waals surface area (Å²) in [5, 5.41) is 10.4. The molecule has 0 aromatic carbocycles. The van der Waals surface area contributed by atoms with Crippen molar-refractivity contribution in [1.29, 1.82) is 0 Å². The smallest absolute Gasteiger partial charge is 0.102 e. The number of rotatable bonds is 1. The predicted octanol–water partition coefficient (Wildman–Crippen LogP) is 3.18. The number of aliphatic hydroxyl groups is 1. The fourth-order valence-corrected chi connectivity index (χ4v) is 2.72. The van der Waals surface area contributed by atoms with Crippen molar-refractivity contribution >= 4 is 0 Å². The maximum Gasteiger partial charge on any atom is 0.102 e. The molecule has 3 heteroatoms. The first-order valence-corrected chi connectivity index (χ1v) is 7.85. The van der Waals surface area contributed by atoms with E-state index in [2.05, 4.69) is 19.1 Å². The molecule has 3 N–H and O–H groups in total. The normalized spacial score (nSPS) is 38.5. The summed E-state index contributed by atoms with van der Waals surface area (Å²) in [6, 6.07) is 0.303. The van der Waals surface area contributed by atoms with Gasteiger partial charge < -0.3 is 15.6 Å². The lowest BCUT2D eigenvalue weighted by atomic mass is 9.93. The molecule has 1 aliphatic carbocycles. The molecule has 116 valence electrons. The molecular weight excluding hydrogens is 250 g/mol. The fraction of sp³-hybridized carbons (Fsp3) is 0.765. The first-order chi connectivity index (χ1) is 9.54. The second-order valence-corrected chi connectivity index (χ2v) is 6.07. The highest BCUT2D eigenvalue weighted by Gasteiger charge is 2.21. The summed E-state index contributed by atoms with van der Waals surface area (Å²) in [4.78, 5) is 0. The van der Waals surface area contributed by atoms with Gasteiger partial charge in [-0.3, -0.25) is 0 Å². The molecule has 0 heterocycles. The van der Waals surface area contributed by atoms with E-state index in [0.29, 0.717) is 6.04 Å². The lowest BCUT2D eigenvalue weighted by molar-refractivity contribution is -0.00188. The van der Waals surface area contributed by atoms with Crippen LogP contribution in [0.15, 0.2) is 23.8 Å². The van der Waals surface area contributed by atoms with Gasteiger partial charge in [-0.1, -0.05) is 37.1 Å². The van der Waals surface area contributed by atoms with Crippen LogP contribution in [0, 0.1) is 5.92 Å². The summed E-state index contributed by atoms with van der Waals surface area (Å²) >= 11 is 0. The van der Waals surface area contributed by atoms with Crippen LogP contribution in [0.5, 0.6) is 0 Å². The Morgan fingerprint density at radius 3 is 2.75 bits per heavy atom. The summed E-state index contributed by atoms with van der Waals surface area (Å²) in [5.74, 6) is 0.0868. The zero-order valence-electron chi connectivity index (χ0n) is 13.2. The highest BCUT2D eigenvalue weighted by molar-refractivity contribution is 5.05. The van der Waals surface area contributed by atoms with Crippen molar-refractivity contribution in [1.82, 2.24) is 0 Å². The van der Waals surface area contributed by atoms with Gasteiger partial charge >= 0.3 is 0 Å². The van der Waals surface area contributed by atoms with E-state index in [1.54, 1.807) is 7.11 Å². The number of aliphatic hydroxyl groups excluding tert-OH is 1. The summed E-state index contributed by atoms with van der Waals surface area (Å²) in [6.07, 6.45) is 12.1. The molecule has 0 aliphatic heterocycles. The molecule has 1 rings (SSSR count). The quantitative estimate of drug-likeness (QED) is 0.726. The minimum absolute atomic E-state index is 0.0868. The average molecular weight is 281 g/mol.